The molecule has 0 radical (unpaired) electrons. The van der Waals surface area contributed by atoms with E-state index >= 15 is 0 Å². The van der Waals surface area contributed by atoms with Gasteiger partial charge in [-0.1, -0.05) is 60.1 Å². The van der Waals surface area contributed by atoms with Crippen LogP contribution in [-0.4, -0.2) is 17.6 Å². The molecule has 25 heavy (non-hydrogen) atoms. The number of halogens is 1. The van der Waals surface area contributed by atoms with Crippen molar-refractivity contribution >= 4 is 34.4 Å². The molecular weight excluding hydrogens is 334 g/mol. The minimum atomic E-state index is -0.457. The molecule has 1 amide bonds. The van der Waals surface area contributed by atoms with Crippen LogP contribution in [0.4, 0.5) is 0 Å². The maximum absolute atomic E-state index is 12.2. The summed E-state index contributed by atoms with van der Waals surface area (Å²) in [5.74, 6) is -0.271. The Hall–Kier alpha value is -2.62. The first-order chi connectivity index (χ1) is 12.2. The zero-order valence-electron chi connectivity index (χ0n) is 13.5. The highest BCUT2D eigenvalue weighted by atomic mass is 35.5. The second kappa shape index (κ2) is 7.97. The average Bonchev–Trinajstić information content (AvgIpc) is 2.64. The molecule has 3 aromatic rings. The molecule has 0 heterocycles. The predicted molar refractivity (Wildman–Crippen MR) is 102 cm³/mol. The van der Waals surface area contributed by atoms with Gasteiger partial charge in [0.1, 0.15) is 0 Å². The Labute approximate surface area is 151 Å². The van der Waals surface area contributed by atoms with Crippen molar-refractivity contribution in [3.63, 3.8) is 0 Å². The van der Waals surface area contributed by atoms with Gasteiger partial charge < -0.3 is 10.4 Å². The maximum atomic E-state index is 12.2. The lowest BCUT2D eigenvalue weighted by molar-refractivity contribution is -0.117. The van der Waals surface area contributed by atoms with Crippen LogP contribution in [0.2, 0.25) is 5.02 Å². The standard InChI is InChI=1S/C21H18ClNO2/c22-19-7-3-4-15(12-19)8-11-21(25)23-20(14-24)18-10-9-16-5-1-2-6-17(16)13-18/h1-13,20,24H,14H2,(H,23,25)/b11-8+. The number of amides is 1. The fraction of sp³-hybridized carbons (Fsp3) is 0.0952. The molecule has 0 fully saturated rings. The summed E-state index contributed by atoms with van der Waals surface area (Å²) in [6.07, 6.45) is 3.13. The molecule has 0 bridgehead atoms. The molecule has 0 aliphatic rings. The molecule has 2 N–H and O–H groups in total. The van der Waals surface area contributed by atoms with Crippen LogP contribution in [0.3, 0.4) is 0 Å². The van der Waals surface area contributed by atoms with Crippen molar-refractivity contribution in [3.8, 4) is 0 Å². The third-order valence-electron chi connectivity index (χ3n) is 3.95. The van der Waals surface area contributed by atoms with Crippen molar-refractivity contribution in [3.05, 3.63) is 89.0 Å². The predicted octanol–water partition coefficient (Wildman–Crippen LogP) is 4.36. The van der Waals surface area contributed by atoms with Gasteiger partial charge in [0.25, 0.3) is 0 Å². The van der Waals surface area contributed by atoms with E-state index < -0.39 is 6.04 Å². The van der Waals surface area contributed by atoms with E-state index in [2.05, 4.69) is 5.32 Å². The van der Waals surface area contributed by atoms with Gasteiger partial charge >= 0.3 is 0 Å². The molecule has 0 spiro atoms. The van der Waals surface area contributed by atoms with Gasteiger partial charge in [0.15, 0.2) is 0 Å². The Balaban J connectivity index is 1.73. The monoisotopic (exact) mass is 351 g/mol. The molecular formula is C21H18ClNO2. The number of rotatable bonds is 5. The van der Waals surface area contributed by atoms with Gasteiger partial charge in [0.2, 0.25) is 5.91 Å². The molecule has 3 rings (SSSR count). The minimum Gasteiger partial charge on any atom is -0.394 e. The number of fused-ring (bicyclic) bond motifs is 1. The van der Waals surface area contributed by atoms with Crippen LogP contribution in [0.1, 0.15) is 17.2 Å². The van der Waals surface area contributed by atoms with E-state index in [0.717, 1.165) is 21.9 Å². The molecule has 1 atom stereocenters. The fourth-order valence-electron chi connectivity index (χ4n) is 2.66. The van der Waals surface area contributed by atoms with Gasteiger partial charge in [-0.3, -0.25) is 4.79 Å². The first-order valence-corrected chi connectivity index (χ1v) is 8.37. The number of hydrogen-bond acceptors (Lipinski definition) is 2. The molecule has 0 aliphatic heterocycles. The first kappa shape index (κ1) is 17.2. The van der Waals surface area contributed by atoms with Crippen LogP contribution < -0.4 is 5.32 Å². The van der Waals surface area contributed by atoms with E-state index in [9.17, 15) is 9.90 Å². The summed E-state index contributed by atoms with van der Waals surface area (Å²) < 4.78 is 0. The number of hydrogen-bond donors (Lipinski definition) is 2. The second-order valence-corrected chi connectivity index (χ2v) is 6.18. The number of carbonyl (C=O) groups is 1. The molecule has 3 aromatic carbocycles. The minimum absolute atomic E-state index is 0.172. The molecule has 1 unspecified atom stereocenters. The number of carbonyl (C=O) groups excluding carboxylic acids is 1. The largest absolute Gasteiger partial charge is 0.394 e. The summed E-state index contributed by atoms with van der Waals surface area (Å²) in [7, 11) is 0. The lowest BCUT2D eigenvalue weighted by Gasteiger charge is -2.16. The van der Waals surface area contributed by atoms with Crippen LogP contribution in [0, 0.1) is 0 Å². The summed E-state index contributed by atoms with van der Waals surface area (Å²) in [5.41, 5.74) is 1.71. The topological polar surface area (TPSA) is 49.3 Å². The van der Waals surface area contributed by atoms with Crippen molar-refractivity contribution in [2.45, 2.75) is 6.04 Å². The highest BCUT2D eigenvalue weighted by molar-refractivity contribution is 6.30. The van der Waals surface area contributed by atoms with Gasteiger partial charge in [-0.15, -0.1) is 0 Å². The summed E-state index contributed by atoms with van der Waals surface area (Å²) in [4.78, 5) is 12.2. The van der Waals surface area contributed by atoms with Crippen LogP contribution in [0.15, 0.2) is 72.8 Å². The Morgan fingerprint density at radius 2 is 1.84 bits per heavy atom. The summed E-state index contributed by atoms with van der Waals surface area (Å²) in [5, 5.41) is 15.3. The SMILES string of the molecule is O=C(/C=C/c1cccc(Cl)c1)NC(CO)c1ccc2ccccc2c1. The fourth-order valence-corrected chi connectivity index (χ4v) is 2.86. The quantitative estimate of drug-likeness (QED) is 0.671. The molecule has 0 saturated carbocycles. The Bertz CT molecular complexity index is 920. The Morgan fingerprint density at radius 1 is 1.04 bits per heavy atom. The smallest absolute Gasteiger partial charge is 0.244 e. The van der Waals surface area contributed by atoms with Crippen molar-refractivity contribution < 1.29 is 9.90 Å². The van der Waals surface area contributed by atoms with Crippen LogP contribution in [0.25, 0.3) is 16.8 Å². The molecule has 0 aliphatic carbocycles. The average molecular weight is 352 g/mol. The Kier molecular flexibility index (Phi) is 5.49. The summed E-state index contributed by atoms with van der Waals surface area (Å²) in [6, 6.07) is 20.7. The molecule has 0 aromatic heterocycles. The number of aliphatic hydroxyl groups is 1. The van der Waals surface area contributed by atoms with E-state index in [-0.39, 0.29) is 12.5 Å². The van der Waals surface area contributed by atoms with Crippen molar-refractivity contribution in [2.75, 3.05) is 6.61 Å². The third-order valence-corrected chi connectivity index (χ3v) is 4.19. The molecule has 126 valence electrons. The van der Waals surface area contributed by atoms with Gasteiger partial charge in [-0.05, 0) is 46.2 Å². The highest BCUT2D eigenvalue weighted by Crippen LogP contribution is 2.20. The Morgan fingerprint density at radius 3 is 2.60 bits per heavy atom. The lowest BCUT2D eigenvalue weighted by atomic mass is 10.0. The van der Waals surface area contributed by atoms with Crippen LogP contribution >= 0.6 is 11.6 Å². The van der Waals surface area contributed by atoms with E-state index in [1.807, 2.05) is 54.6 Å². The summed E-state index contributed by atoms with van der Waals surface area (Å²) >= 11 is 5.93. The van der Waals surface area contributed by atoms with E-state index in [4.69, 9.17) is 11.6 Å². The molecule has 3 nitrogen and oxygen atoms in total. The number of nitrogens with one attached hydrogen (secondary N) is 1. The zero-order chi connectivity index (χ0) is 17.6. The van der Waals surface area contributed by atoms with Crippen molar-refractivity contribution in [1.29, 1.82) is 0 Å². The number of aliphatic hydroxyl groups excluding tert-OH is 1. The van der Waals surface area contributed by atoms with E-state index in [0.29, 0.717) is 5.02 Å². The van der Waals surface area contributed by atoms with E-state index in [1.165, 1.54) is 6.08 Å². The van der Waals surface area contributed by atoms with Crippen LogP contribution in [0.5, 0.6) is 0 Å². The van der Waals surface area contributed by atoms with Gasteiger partial charge in [-0.2, -0.15) is 0 Å². The zero-order valence-corrected chi connectivity index (χ0v) is 14.3. The lowest BCUT2D eigenvalue weighted by Crippen LogP contribution is -2.29. The summed E-state index contributed by atoms with van der Waals surface area (Å²) in [6.45, 7) is -0.172. The third kappa shape index (κ3) is 4.47. The van der Waals surface area contributed by atoms with Gasteiger partial charge in [0.05, 0.1) is 12.6 Å². The van der Waals surface area contributed by atoms with Crippen molar-refractivity contribution in [2.24, 2.45) is 0 Å². The molecule has 4 heteroatoms. The second-order valence-electron chi connectivity index (χ2n) is 5.74. The van der Waals surface area contributed by atoms with Gasteiger partial charge in [0, 0.05) is 11.1 Å². The van der Waals surface area contributed by atoms with Crippen molar-refractivity contribution in [1.82, 2.24) is 5.32 Å². The highest BCUT2D eigenvalue weighted by Gasteiger charge is 2.12. The maximum Gasteiger partial charge on any atom is 0.244 e. The normalized spacial score (nSPS) is 12.4. The van der Waals surface area contributed by atoms with E-state index in [1.54, 1.807) is 18.2 Å². The molecule has 0 saturated heterocycles. The van der Waals surface area contributed by atoms with Gasteiger partial charge in [-0.25, -0.2) is 0 Å². The number of benzene rings is 3. The van der Waals surface area contributed by atoms with Crippen LogP contribution in [-0.2, 0) is 4.79 Å². The first-order valence-electron chi connectivity index (χ1n) is 7.99.